The van der Waals surface area contributed by atoms with Gasteiger partial charge in [0.15, 0.2) is 0 Å². The van der Waals surface area contributed by atoms with Gasteiger partial charge in [-0.25, -0.2) is 4.98 Å². The van der Waals surface area contributed by atoms with E-state index >= 15 is 0 Å². The van der Waals surface area contributed by atoms with Crippen molar-refractivity contribution in [3.05, 3.63) is 47.3 Å². The lowest BCUT2D eigenvalue weighted by Crippen LogP contribution is -1.91. The van der Waals surface area contributed by atoms with Crippen LogP contribution in [0.25, 0.3) is 22.3 Å². The molecule has 0 aliphatic heterocycles. The molecule has 0 amide bonds. The lowest BCUT2D eigenvalue weighted by atomic mass is 10.1. The van der Waals surface area contributed by atoms with E-state index in [0.717, 1.165) is 32.5 Å². The molecule has 0 saturated carbocycles. The first-order valence-corrected chi connectivity index (χ1v) is 6.48. The minimum atomic E-state index is 0.770. The highest BCUT2D eigenvalue weighted by Crippen LogP contribution is 2.24. The van der Waals surface area contributed by atoms with Crippen LogP contribution in [0.5, 0.6) is 5.75 Å². The van der Waals surface area contributed by atoms with Crippen molar-refractivity contribution in [1.82, 2.24) is 15.0 Å². The van der Waals surface area contributed by atoms with Crippen LogP contribution in [0.1, 0.15) is 0 Å². The van der Waals surface area contributed by atoms with Gasteiger partial charge in [0.25, 0.3) is 0 Å². The molecule has 5 heteroatoms. The fourth-order valence-electron chi connectivity index (χ4n) is 1.80. The minimum absolute atomic E-state index is 0.770. The number of benzene rings is 1. The summed E-state index contributed by atoms with van der Waals surface area (Å²) in [5, 5.41) is 0. The number of rotatable bonds is 2. The third kappa shape index (κ3) is 2.29. The van der Waals surface area contributed by atoms with Crippen LogP contribution >= 0.6 is 15.9 Å². The number of nitrogens with zero attached hydrogens (tertiary/aromatic N) is 3. The van der Waals surface area contributed by atoms with Gasteiger partial charge in [-0.3, -0.25) is 9.97 Å². The number of halogens is 1. The lowest BCUT2D eigenvalue weighted by Gasteiger charge is -2.05. The first-order chi connectivity index (χ1) is 9.28. The van der Waals surface area contributed by atoms with Gasteiger partial charge in [-0.1, -0.05) is 0 Å². The average molecular weight is 316 g/mol. The quantitative estimate of drug-likeness (QED) is 0.726. The molecule has 0 bridgehead atoms. The van der Waals surface area contributed by atoms with E-state index in [2.05, 4.69) is 30.9 Å². The zero-order valence-electron chi connectivity index (χ0n) is 10.2. The summed E-state index contributed by atoms with van der Waals surface area (Å²) in [6, 6.07) is 7.74. The number of hydrogen-bond acceptors (Lipinski definition) is 4. The van der Waals surface area contributed by atoms with Gasteiger partial charge in [0, 0.05) is 11.8 Å². The predicted molar refractivity (Wildman–Crippen MR) is 77.0 cm³/mol. The second kappa shape index (κ2) is 4.93. The Labute approximate surface area is 118 Å². The highest BCUT2D eigenvalue weighted by molar-refractivity contribution is 9.10. The van der Waals surface area contributed by atoms with Crippen LogP contribution < -0.4 is 4.74 Å². The van der Waals surface area contributed by atoms with Crippen molar-refractivity contribution in [3.63, 3.8) is 0 Å². The van der Waals surface area contributed by atoms with Gasteiger partial charge >= 0.3 is 0 Å². The molecule has 0 unspecified atom stereocenters. The number of aromatic nitrogens is 3. The van der Waals surface area contributed by atoms with Crippen LogP contribution in [0.3, 0.4) is 0 Å². The molecular weight excluding hydrogens is 306 g/mol. The smallest absolute Gasteiger partial charge is 0.118 e. The number of pyridine rings is 1. The Morgan fingerprint density at radius 1 is 1.05 bits per heavy atom. The Morgan fingerprint density at radius 3 is 2.58 bits per heavy atom. The maximum atomic E-state index is 5.14. The molecule has 2 aromatic heterocycles. The molecule has 4 nitrogen and oxygen atoms in total. The summed E-state index contributed by atoms with van der Waals surface area (Å²) in [4.78, 5) is 13.1. The van der Waals surface area contributed by atoms with Crippen molar-refractivity contribution in [3.8, 4) is 17.0 Å². The molecule has 0 N–H and O–H groups in total. The second-order valence-electron chi connectivity index (χ2n) is 3.97. The first kappa shape index (κ1) is 12.0. The standard InChI is InChI=1S/C14H10BrN3O/c1-19-10-4-2-9(3-5-10)12-8-17-13-7-16-6-11(15)14(13)18-12/h2-8H,1H3. The fourth-order valence-corrected chi connectivity index (χ4v) is 2.21. The molecular formula is C14H10BrN3O. The molecule has 0 atom stereocenters. The van der Waals surface area contributed by atoms with E-state index in [1.54, 1.807) is 25.7 Å². The van der Waals surface area contributed by atoms with Gasteiger partial charge in [0.2, 0.25) is 0 Å². The Bertz CT molecular complexity index is 728. The Morgan fingerprint density at radius 2 is 1.84 bits per heavy atom. The summed E-state index contributed by atoms with van der Waals surface area (Å²) >= 11 is 3.44. The van der Waals surface area contributed by atoms with E-state index in [0.29, 0.717) is 0 Å². The van der Waals surface area contributed by atoms with Gasteiger partial charge in [0.1, 0.15) is 16.8 Å². The van der Waals surface area contributed by atoms with Crippen LogP contribution in [0.2, 0.25) is 0 Å². The molecule has 1 aromatic carbocycles. The minimum Gasteiger partial charge on any atom is -0.497 e. The monoisotopic (exact) mass is 315 g/mol. The van der Waals surface area contributed by atoms with Crippen LogP contribution in [-0.2, 0) is 0 Å². The maximum Gasteiger partial charge on any atom is 0.118 e. The van der Waals surface area contributed by atoms with Gasteiger partial charge in [-0.15, -0.1) is 0 Å². The summed E-state index contributed by atoms with van der Waals surface area (Å²) < 4.78 is 5.98. The number of hydrogen-bond donors (Lipinski definition) is 0. The average Bonchev–Trinajstić information content (AvgIpc) is 2.47. The van der Waals surface area contributed by atoms with E-state index in [4.69, 9.17) is 4.74 Å². The van der Waals surface area contributed by atoms with Gasteiger partial charge < -0.3 is 4.74 Å². The van der Waals surface area contributed by atoms with E-state index in [9.17, 15) is 0 Å². The summed E-state index contributed by atoms with van der Waals surface area (Å²) in [5.74, 6) is 0.822. The number of fused-ring (bicyclic) bond motifs is 1. The summed E-state index contributed by atoms with van der Waals surface area (Å²) in [6.07, 6.45) is 5.16. The fraction of sp³-hybridized carbons (Fsp3) is 0.0714. The Kier molecular flexibility index (Phi) is 3.13. The summed E-state index contributed by atoms with van der Waals surface area (Å²) in [7, 11) is 1.65. The largest absolute Gasteiger partial charge is 0.497 e. The summed E-state index contributed by atoms with van der Waals surface area (Å²) in [5.41, 5.74) is 3.40. The topological polar surface area (TPSA) is 47.9 Å². The van der Waals surface area contributed by atoms with Crippen molar-refractivity contribution in [2.24, 2.45) is 0 Å². The molecule has 0 spiro atoms. The lowest BCUT2D eigenvalue weighted by molar-refractivity contribution is 0.415. The highest BCUT2D eigenvalue weighted by Gasteiger charge is 2.05. The van der Waals surface area contributed by atoms with Crippen molar-refractivity contribution in [1.29, 1.82) is 0 Å². The molecule has 3 rings (SSSR count). The van der Waals surface area contributed by atoms with Crippen LogP contribution in [0.4, 0.5) is 0 Å². The molecule has 0 saturated heterocycles. The third-order valence-electron chi connectivity index (χ3n) is 2.80. The number of ether oxygens (including phenoxy) is 1. The van der Waals surface area contributed by atoms with Crippen molar-refractivity contribution >= 4 is 27.0 Å². The Hall–Kier alpha value is -2.01. The second-order valence-corrected chi connectivity index (χ2v) is 4.83. The molecule has 0 aliphatic rings. The first-order valence-electron chi connectivity index (χ1n) is 5.68. The van der Waals surface area contributed by atoms with Crippen LogP contribution in [-0.4, -0.2) is 22.1 Å². The van der Waals surface area contributed by atoms with E-state index < -0.39 is 0 Å². The molecule has 19 heavy (non-hydrogen) atoms. The maximum absolute atomic E-state index is 5.14. The summed E-state index contributed by atoms with van der Waals surface area (Å²) in [6.45, 7) is 0. The van der Waals surface area contributed by atoms with Gasteiger partial charge in [-0.2, -0.15) is 0 Å². The van der Waals surface area contributed by atoms with Gasteiger partial charge in [0.05, 0.1) is 29.7 Å². The van der Waals surface area contributed by atoms with Crippen LogP contribution in [0.15, 0.2) is 47.3 Å². The Balaban J connectivity index is 2.11. The van der Waals surface area contributed by atoms with E-state index in [-0.39, 0.29) is 0 Å². The molecule has 0 radical (unpaired) electrons. The van der Waals surface area contributed by atoms with E-state index in [1.165, 1.54) is 0 Å². The normalized spacial score (nSPS) is 10.6. The van der Waals surface area contributed by atoms with Gasteiger partial charge in [-0.05, 0) is 40.2 Å². The predicted octanol–water partition coefficient (Wildman–Crippen LogP) is 3.46. The highest BCUT2D eigenvalue weighted by atomic mass is 79.9. The molecule has 3 aromatic rings. The van der Waals surface area contributed by atoms with Crippen LogP contribution in [0, 0.1) is 0 Å². The molecule has 2 heterocycles. The van der Waals surface area contributed by atoms with Crippen molar-refractivity contribution < 1.29 is 4.74 Å². The molecule has 0 fully saturated rings. The zero-order valence-corrected chi connectivity index (χ0v) is 11.8. The van der Waals surface area contributed by atoms with Crippen molar-refractivity contribution in [2.45, 2.75) is 0 Å². The SMILES string of the molecule is COc1ccc(-c2cnc3cncc(Br)c3n2)cc1. The van der Waals surface area contributed by atoms with E-state index in [1.807, 2.05) is 24.3 Å². The molecule has 94 valence electrons. The zero-order chi connectivity index (χ0) is 13.2. The third-order valence-corrected chi connectivity index (χ3v) is 3.38. The molecule has 0 aliphatic carbocycles. The number of methoxy groups -OCH3 is 1. The van der Waals surface area contributed by atoms with Crippen molar-refractivity contribution in [2.75, 3.05) is 7.11 Å².